The average molecular weight is 491 g/mol. The first-order chi connectivity index (χ1) is 16.9. The summed E-state index contributed by atoms with van der Waals surface area (Å²) in [6.45, 7) is 5.11. The molecule has 5 heteroatoms. The van der Waals surface area contributed by atoms with Gasteiger partial charge in [-0.15, -0.1) is 0 Å². The third-order valence-electron chi connectivity index (χ3n) is 6.46. The number of rotatable bonds is 23. The monoisotopic (exact) mass is 490 g/mol. The van der Waals surface area contributed by atoms with Crippen molar-refractivity contribution in [3.63, 3.8) is 0 Å². The van der Waals surface area contributed by atoms with E-state index < -0.39 is 11.9 Å². The predicted octanol–water partition coefficient (Wildman–Crippen LogP) is 8.22. The molecular formula is C30H50O5. The minimum Gasteiger partial charge on any atom is -0.493 e. The zero-order valence-electron chi connectivity index (χ0n) is 22.4. The summed E-state index contributed by atoms with van der Waals surface area (Å²) in [5.74, 6) is 0.187. The van der Waals surface area contributed by atoms with Crippen LogP contribution < -0.4 is 4.74 Å². The van der Waals surface area contributed by atoms with Crippen molar-refractivity contribution < 1.29 is 24.5 Å². The number of carbonyl (C=O) groups is 2. The van der Waals surface area contributed by atoms with Crippen molar-refractivity contribution in [1.82, 2.24) is 0 Å². The molecule has 5 nitrogen and oxygen atoms in total. The summed E-state index contributed by atoms with van der Waals surface area (Å²) in [5.41, 5.74) is 2.82. The number of hydrogen-bond acceptors (Lipinski definition) is 3. The molecule has 2 N–H and O–H groups in total. The van der Waals surface area contributed by atoms with Crippen molar-refractivity contribution in [2.75, 3.05) is 6.61 Å². The van der Waals surface area contributed by atoms with Crippen molar-refractivity contribution in [1.29, 1.82) is 0 Å². The van der Waals surface area contributed by atoms with Gasteiger partial charge in [0.15, 0.2) is 0 Å². The molecule has 0 aliphatic heterocycles. The van der Waals surface area contributed by atoms with Crippen LogP contribution in [-0.4, -0.2) is 28.8 Å². The molecule has 0 saturated heterocycles. The fourth-order valence-corrected chi connectivity index (χ4v) is 4.46. The quantitative estimate of drug-likeness (QED) is 0.151. The molecule has 1 rings (SSSR count). The van der Waals surface area contributed by atoms with Crippen LogP contribution in [0, 0.1) is 5.92 Å². The first-order valence-electron chi connectivity index (χ1n) is 14.1. The summed E-state index contributed by atoms with van der Waals surface area (Å²) < 4.78 is 6.19. The second-order valence-corrected chi connectivity index (χ2v) is 10.3. The summed E-state index contributed by atoms with van der Waals surface area (Å²) in [5, 5.41) is 17.4. The molecule has 1 aromatic rings. The highest BCUT2D eigenvalue weighted by Gasteiger charge is 2.11. The van der Waals surface area contributed by atoms with Gasteiger partial charge < -0.3 is 14.9 Å². The number of carboxylic acid groups (broad SMARTS) is 2. The van der Waals surface area contributed by atoms with Crippen LogP contribution in [-0.2, 0) is 22.4 Å². The summed E-state index contributed by atoms with van der Waals surface area (Å²) in [6, 6.07) is 6.53. The Morgan fingerprint density at radius 3 is 1.63 bits per heavy atom. The van der Waals surface area contributed by atoms with Crippen LogP contribution in [0.5, 0.6) is 5.75 Å². The zero-order chi connectivity index (χ0) is 25.7. The van der Waals surface area contributed by atoms with E-state index in [9.17, 15) is 9.59 Å². The van der Waals surface area contributed by atoms with E-state index in [2.05, 4.69) is 32.0 Å². The summed E-state index contributed by atoms with van der Waals surface area (Å²) >= 11 is 0. The van der Waals surface area contributed by atoms with Crippen LogP contribution >= 0.6 is 0 Å². The molecule has 0 saturated carbocycles. The summed E-state index contributed by atoms with van der Waals surface area (Å²) in [7, 11) is 0. The molecule has 0 aliphatic rings. The molecule has 0 radical (unpaired) electrons. The molecule has 35 heavy (non-hydrogen) atoms. The number of hydrogen-bond donors (Lipinski definition) is 2. The molecule has 0 amide bonds. The molecule has 200 valence electrons. The average Bonchev–Trinajstić information content (AvgIpc) is 2.80. The van der Waals surface area contributed by atoms with Crippen LogP contribution in [0.1, 0.15) is 128 Å². The smallest absolute Gasteiger partial charge is 0.303 e. The van der Waals surface area contributed by atoms with E-state index in [0.29, 0.717) is 18.8 Å². The van der Waals surface area contributed by atoms with Crippen molar-refractivity contribution in [2.45, 2.75) is 129 Å². The highest BCUT2D eigenvalue weighted by molar-refractivity contribution is 5.66. The van der Waals surface area contributed by atoms with Crippen LogP contribution in [0.4, 0.5) is 0 Å². The minimum absolute atomic E-state index is 0.294. The van der Waals surface area contributed by atoms with Crippen LogP contribution in [0.25, 0.3) is 0 Å². The van der Waals surface area contributed by atoms with E-state index in [-0.39, 0.29) is 0 Å². The van der Waals surface area contributed by atoms with E-state index in [1.165, 1.54) is 62.5 Å². The molecule has 0 spiro atoms. The van der Waals surface area contributed by atoms with Gasteiger partial charge in [0.1, 0.15) is 5.75 Å². The first-order valence-corrected chi connectivity index (χ1v) is 14.1. The topological polar surface area (TPSA) is 83.8 Å². The van der Waals surface area contributed by atoms with Gasteiger partial charge in [-0.2, -0.15) is 0 Å². The normalized spacial score (nSPS) is 11.2. The van der Waals surface area contributed by atoms with Gasteiger partial charge in [-0.1, -0.05) is 90.2 Å². The van der Waals surface area contributed by atoms with E-state index in [1.807, 2.05) is 0 Å². The lowest BCUT2D eigenvalue weighted by Gasteiger charge is -2.17. The SMILES string of the molecule is CC(C)COc1cccc(CCCCCCCCCC(=O)O)c1CCCCCCCCCC(=O)O. The van der Waals surface area contributed by atoms with E-state index >= 15 is 0 Å². The van der Waals surface area contributed by atoms with Crippen LogP contribution in [0.3, 0.4) is 0 Å². The molecule has 0 aromatic heterocycles. The van der Waals surface area contributed by atoms with Crippen molar-refractivity contribution >= 4 is 11.9 Å². The summed E-state index contributed by atoms with van der Waals surface area (Å²) in [4.78, 5) is 21.2. The van der Waals surface area contributed by atoms with E-state index in [1.54, 1.807) is 0 Å². The Morgan fingerprint density at radius 2 is 1.14 bits per heavy atom. The predicted molar refractivity (Wildman–Crippen MR) is 143 cm³/mol. The molecule has 0 bridgehead atoms. The van der Waals surface area contributed by atoms with Gasteiger partial charge in [-0.25, -0.2) is 0 Å². The molecule has 0 heterocycles. The number of aryl methyl sites for hydroxylation is 1. The standard InChI is InChI=1S/C30H50O5/c1-25(2)24-35-28-21-17-19-26(18-13-9-5-3-7-11-15-22-29(31)32)27(28)20-14-10-6-4-8-12-16-23-30(33)34/h17,19,21,25H,3-16,18,20,22-24H2,1-2H3,(H,31,32)(H,33,34). The van der Waals surface area contributed by atoms with E-state index in [0.717, 1.165) is 63.7 Å². The van der Waals surface area contributed by atoms with Crippen LogP contribution in [0.2, 0.25) is 0 Å². The van der Waals surface area contributed by atoms with Gasteiger partial charge in [0.05, 0.1) is 6.61 Å². The first kappa shape index (κ1) is 31.0. The lowest BCUT2D eigenvalue weighted by atomic mass is 9.95. The number of aliphatic carboxylic acids is 2. The molecule has 1 aromatic carbocycles. The second kappa shape index (κ2) is 20.2. The maximum atomic E-state index is 10.6. The number of ether oxygens (including phenoxy) is 1. The number of benzene rings is 1. The fourth-order valence-electron chi connectivity index (χ4n) is 4.46. The Balaban J connectivity index is 2.40. The third-order valence-corrected chi connectivity index (χ3v) is 6.46. The Hall–Kier alpha value is -2.04. The van der Waals surface area contributed by atoms with Gasteiger partial charge in [0.25, 0.3) is 0 Å². The molecular weight excluding hydrogens is 440 g/mol. The summed E-state index contributed by atoms with van der Waals surface area (Å²) in [6.07, 6.45) is 18.2. The van der Waals surface area contributed by atoms with Gasteiger partial charge >= 0.3 is 11.9 Å². The fraction of sp³-hybridized carbons (Fsp3) is 0.733. The maximum Gasteiger partial charge on any atom is 0.303 e. The maximum absolute atomic E-state index is 10.6. The van der Waals surface area contributed by atoms with Gasteiger partial charge in [0.2, 0.25) is 0 Å². The number of carboxylic acids is 2. The lowest BCUT2D eigenvalue weighted by Crippen LogP contribution is -2.08. The lowest BCUT2D eigenvalue weighted by molar-refractivity contribution is -0.138. The highest BCUT2D eigenvalue weighted by atomic mass is 16.5. The molecule has 0 unspecified atom stereocenters. The number of unbranched alkanes of at least 4 members (excludes halogenated alkanes) is 12. The third kappa shape index (κ3) is 17.1. The Kier molecular flexibility index (Phi) is 17.9. The molecule has 0 fully saturated rings. The highest BCUT2D eigenvalue weighted by Crippen LogP contribution is 2.27. The van der Waals surface area contributed by atoms with Crippen molar-refractivity contribution in [3.05, 3.63) is 29.3 Å². The van der Waals surface area contributed by atoms with Gasteiger partial charge in [0, 0.05) is 12.8 Å². The largest absolute Gasteiger partial charge is 0.493 e. The Labute approximate surface area is 213 Å². The minimum atomic E-state index is -0.688. The van der Waals surface area contributed by atoms with Crippen LogP contribution in [0.15, 0.2) is 18.2 Å². The van der Waals surface area contributed by atoms with Crippen molar-refractivity contribution in [3.8, 4) is 5.75 Å². The Morgan fingerprint density at radius 1 is 0.686 bits per heavy atom. The van der Waals surface area contributed by atoms with Gasteiger partial charge in [-0.05, 0) is 61.6 Å². The van der Waals surface area contributed by atoms with Crippen molar-refractivity contribution in [2.24, 2.45) is 5.92 Å². The zero-order valence-corrected chi connectivity index (χ0v) is 22.4. The van der Waals surface area contributed by atoms with Gasteiger partial charge in [-0.3, -0.25) is 9.59 Å². The molecule has 0 atom stereocenters. The van der Waals surface area contributed by atoms with E-state index in [4.69, 9.17) is 14.9 Å². The second-order valence-electron chi connectivity index (χ2n) is 10.3. The molecule has 0 aliphatic carbocycles. The Bertz CT molecular complexity index is 698.